The van der Waals surface area contributed by atoms with Crippen LogP contribution in [0.5, 0.6) is 0 Å². The van der Waals surface area contributed by atoms with E-state index >= 15 is 0 Å². The van der Waals surface area contributed by atoms with Crippen LogP contribution in [0.2, 0.25) is 0 Å². The van der Waals surface area contributed by atoms with Crippen molar-refractivity contribution >= 4 is 40.2 Å². The summed E-state index contributed by atoms with van der Waals surface area (Å²) in [5.41, 5.74) is 24.6. The van der Waals surface area contributed by atoms with Crippen LogP contribution in [0.1, 0.15) is 12.0 Å². The number of aromatic nitrogens is 4. The molecule has 0 unspecified atom stereocenters. The van der Waals surface area contributed by atoms with Gasteiger partial charge in [-0.25, -0.2) is 0 Å². The average Bonchev–Trinajstić information content (AvgIpc) is 3.26. The van der Waals surface area contributed by atoms with Crippen molar-refractivity contribution in [1.29, 1.82) is 0 Å². The number of nitrogens with zero attached hydrogens (tertiary/aromatic N) is 6. The third kappa shape index (κ3) is 3.61. The molecule has 3 aromatic rings. The summed E-state index contributed by atoms with van der Waals surface area (Å²) in [5, 5.41) is 30.0. The second kappa shape index (κ2) is 7.50. The van der Waals surface area contributed by atoms with Crippen molar-refractivity contribution in [2.45, 2.75) is 12.1 Å². The van der Waals surface area contributed by atoms with Gasteiger partial charge in [0, 0.05) is 6.42 Å². The van der Waals surface area contributed by atoms with Crippen LogP contribution in [-0.2, 0) is 0 Å². The number of azo groups is 2. The van der Waals surface area contributed by atoms with Crippen LogP contribution >= 0.6 is 0 Å². The van der Waals surface area contributed by atoms with E-state index in [1.165, 1.54) is 0 Å². The number of nitrogens with two attached hydrogens (primary N) is 4. The van der Waals surface area contributed by atoms with Gasteiger partial charge in [-0.1, -0.05) is 42.5 Å². The standard InChI is InChI=1S/C18H20N12/c19-14-12(15(20)26-25-14)23-29-18(30-24-13-16(21)27-28-17(13)22)8-4-7-11(9-18)10-5-2-1-3-6-10/h1-8H,9H2,(H5,19,20,25,26)(H5,21,22,27,28). The number of hydrogen-bond donors (Lipinski definition) is 6. The van der Waals surface area contributed by atoms with Crippen molar-refractivity contribution in [3.05, 3.63) is 54.1 Å². The summed E-state index contributed by atoms with van der Waals surface area (Å²) < 4.78 is 0. The van der Waals surface area contributed by atoms with Crippen LogP contribution in [-0.4, -0.2) is 26.1 Å². The Hall–Kier alpha value is -4.48. The van der Waals surface area contributed by atoms with Crippen LogP contribution in [0.25, 0.3) is 5.57 Å². The van der Waals surface area contributed by atoms with Gasteiger partial charge in [-0.15, -0.1) is 10.2 Å². The van der Waals surface area contributed by atoms with Crippen LogP contribution in [0.4, 0.5) is 34.6 Å². The van der Waals surface area contributed by atoms with Gasteiger partial charge in [0.05, 0.1) is 0 Å². The third-order valence-electron chi connectivity index (χ3n) is 4.49. The van der Waals surface area contributed by atoms with Gasteiger partial charge < -0.3 is 22.9 Å². The molecule has 0 saturated heterocycles. The minimum Gasteiger partial charge on any atom is -0.382 e. The van der Waals surface area contributed by atoms with Gasteiger partial charge in [0.25, 0.3) is 0 Å². The minimum absolute atomic E-state index is 0.130. The first-order chi connectivity index (χ1) is 14.5. The van der Waals surface area contributed by atoms with Gasteiger partial charge in [-0.3, -0.25) is 10.2 Å². The Kier molecular flexibility index (Phi) is 4.72. The maximum absolute atomic E-state index is 5.83. The van der Waals surface area contributed by atoms with E-state index in [9.17, 15) is 0 Å². The summed E-state index contributed by atoms with van der Waals surface area (Å²) in [6.07, 6.45) is 5.98. The molecule has 1 aliphatic rings. The number of H-pyrrole nitrogens is 2. The number of aromatic amines is 2. The highest BCUT2D eigenvalue weighted by Crippen LogP contribution is 2.38. The van der Waals surface area contributed by atoms with E-state index < -0.39 is 5.66 Å². The Bertz CT molecular complexity index is 1070. The quantitative estimate of drug-likeness (QED) is 0.351. The molecular formula is C18H20N12. The normalized spacial score (nSPS) is 19.0. The molecule has 0 saturated carbocycles. The largest absolute Gasteiger partial charge is 0.382 e. The zero-order valence-corrected chi connectivity index (χ0v) is 15.8. The molecule has 0 aliphatic heterocycles. The fraction of sp³-hybridized carbons (Fsp3) is 0.111. The lowest BCUT2D eigenvalue weighted by Crippen LogP contribution is -2.22. The maximum Gasteiger partial charge on any atom is 0.214 e. The monoisotopic (exact) mass is 404 g/mol. The zero-order valence-electron chi connectivity index (χ0n) is 15.8. The van der Waals surface area contributed by atoms with Gasteiger partial charge in [-0.2, -0.15) is 20.4 Å². The lowest BCUT2D eigenvalue weighted by Gasteiger charge is -2.24. The lowest BCUT2D eigenvalue weighted by atomic mass is 9.91. The van der Waals surface area contributed by atoms with Crippen molar-refractivity contribution in [3.8, 4) is 0 Å². The summed E-state index contributed by atoms with van der Waals surface area (Å²) in [4.78, 5) is 0. The molecule has 0 radical (unpaired) electrons. The topological polar surface area (TPSA) is 211 Å². The van der Waals surface area contributed by atoms with Gasteiger partial charge in [0.15, 0.2) is 23.0 Å². The van der Waals surface area contributed by atoms with Crippen LogP contribution in [0.15, 0.2) is 69.0 Å². The molecule has 12 heteroatoms. The van der Waals surface area contributed by atoms with Crippen molar-refractivity contribution in [1.82, 2.24) is 20.4 Å². The molecule has 2 aromatic heterocycles. The highest BCUT2D eigenvalue weighted by molar-refractivity contribution is 5.72. The molecule has 30 heavy (non-hydrogen) atoms. The number of rotatable bonds is 5. The highest BCUT2D eigenvalue weighted by Gasteiger charge is 2.31. The molecule has 0 bridgehead atoms. The molecular weight excluding hydrogens is 384 g/mol. The Balaban J connectivity index is 1.74. The van der Waals surface area contributed by atoms with E-state index in [-0.39, 0.29) is 34.6 Å². The molecule has 0 spiro atoms. The molecule has 12 nitrogen and oxygen atoms in total. The van der Waals surface area contributed by atoms with Gasteiger partial charge in [-0.05, 0) is 17.2 Å². The summed E-state index contributed by atoms with van der Waals surface area (Å²) >= 11 is 0. The zero-order chi connectivity index (χ0) is 21.1. The summed E-state index contributed by atoms with van der Waals surface area (Å²) in [6.45, 7) is 0. The smallest absolute Gasteiger partial charge is 0.214 e. The summed E-state index contributed by atoms with van der Waals surface area (Å²) in [5.74, 6) is 0.658. The molecule has 0 atom stereocenters. The first-order valence-corrected chi connectivity index (χ1v) is 8.96. The number of nitrogen functional groups attached to an aromatic ring is 4. The molecule has 1 aromatic carbocycles. The lowest BCUT2D eigenvalue weighted by molar-refractivity contribution is 0.518. The maximum atomic E-state index is 5.83. The van der Waals surface area contributed by atoms with Crippen molar-refractivity contribution < 1.29 is 0 Å². The molecule has 4 rings (SSSR count). The van der Waals surface area contributed by atoms with Crippen molar-refractivity contribution in [2.75, 3.05) is 22.9 Å². The number of nitrogens with one attached hydrogen (secondary N) is 2. The Morgan fingerprint density at radius 3 is 1.90 bits per heavy atom. The number of allylic oxidation sites excluding steroid dienone is 2. The van der Waals surface area contributed by atoms with Crippen LogP contribution in [0.3, 0.4) is 0 Å². The first-order valence-electron chi connectivity index (χ1n) is 8.96. The second-order valence-electron chi connectivity index (χ2n) is 6.61. The molecule has 1 aliphatic carbocycles. The van der Waals surface area contributed by atoms with E-state index in [1.807, 2.05) is 42.5 Å². The van der Waals surface area contributed by atoms with Crippen molar-refractivity contribution in [3.63, 3.8) is 0 Å². The van der Waals surface area contributed by atoms with E-state index in [0.29, 0.717) is 6.42 Å². The fourth-order valence-corrected chi connectivity index (χ4v) is 2.94. The molecule has 2 heterocycles. The second-order valence-corrected chi connectivity index (χ2v) is 6.61. The summed E-state index contributed by atoms with van der Waals surface area (Å²) in [7, 11) is 0. The number of hydrogen-bond acceptors (Lipinski definition) is 10. The van der Waals surface area contributed by atoms with Gasteiger partial charge >= 0.3 is 0 Å². The van der Waals surface area contributed by atoms with E-state index in [2.05, 4.69) is 40.9 Å². The van der Waals surface area contributed by atoms with E-state index in [0.717, 1.165) is 11.1 Å². The first kappa shape index (κ1) is 18.9. The molecule has 0 fully saturated rings. The van der Waals surface area contributed by atoms with Crippen LogP contribution < -0.4 is 22.9 Å². The number of anilines is 4. The highest BCUT2D eigenvalue weighted by atomic mass is 15.3. The number of benzene rings is 1. The predicted octanol–water partition coefficient (Wildman–Crippen LogP) is 3.07. The van der Waals surface area contributed by atoms with Crippen molar-refractivity contribution in [2.24, 2.45) is 20.5 Å². The molecule has 0 amide bonds. The molecule has 152 valence electrons. The Labute approximate surface area is 170 Å². The van der Waals surface area contributed by atoms with E-state index in [1.54, 1.807) is 6.08 Å². The van der Waals surface area contributed by atoms with Crippen LogP contribution in [0, 0.1) is 0 Å². The Morgan fingerprint density at radius 1 is 0.833 bits per heavy atom. The minimum atomic E-state index is -1.17. The fourth-order valence-electron chi connectivity index (χ4n) is 2.94. The summed E-state index contributed by atoms with van der Waals surface area (Å²) in [6, 6.07) is 9.87. The third-order valence-corrected chi connectivity index (χ3v) is 4.49. The average molecular weight is 404 g/mol. The Morgan fingerprint density at radius 2 is 1.40 bits per heavy atom. The molecule has 10 N–H and O–H groups in total. The SMILES string of the molecule is Nc1n[nH]c(N)c1N=NC1(N=Nc2c(N)n[nH]c2N)C=CC=C(c2ccccc2)C1. The van der Waals surface area contributed by atoms with E-state index in [4.69, 9.17) is 22.9 Å². The van der Waals surface area contributed by atoms with Gasteiger partial charge in [0.2, 0.25) is 5.66 Å². The van der Waals surface area contributed by atoms with Gasteiger partial charge in [0.1, 0.15) is 11.6 Å². The predicted molar refractivity (Wildman–Crippen MR) is 115 cm³/mol.